The normalized spacial score (nSPS) is 32.5. The average molecular weight is 437 g/mol. The highest BCUT2D eigenvalue weighted by atomic mass is 16.2. The lowest BCUT2D eigenvalue weighted by Crippen LogP contribution is -2.57. The van der Waals surface area contributed by atoms with Crippen molar-refractivity contribution in [3.63, 3.8) is 0 Å². The molecule has 0 spiro atoms. The van der Waals surface area contributed by atoms with Crippen molar-refractivity contribution in [1.29, 1.82) is 5.26 Å². The maximum absolute atomic E-state index is 13.2. The fourth-order valence-electron chi connectivity index (χ4n) is 5.90. The zero-order valence-corrected chi connectivity index (χ0v) is 18.1. The zero-order valence-electron chi connectivity index (χ0n) is 18.1. The molecule has 3 saturated heterocycles. The van der Waals surface area contributed by atoms with Gasteiger partial charge in [-0.15, -0.1) is 0 Å². The molecule has 4 N–H and O–H groups in total. The van der Waals surface area contributed by atoms with Gasteiger partial charge in [-0.1, -0.05) is 12.1 Å². The standard InChI is InChI=1S/C23H28N6O3/c1-12(13-2-4-14(5-3-13)21(26)30)28-17-8-20(23(28)32)27(10-17)11-18(25)22(31)29-16(9-24)6-15-7-19(15)29/h2-5,12,15-20H,6-8,10-11,25H2,1H3,(H2,26,30)/t12-,15?,16+,17+,18+,19+,20+/m1/s1. The van der Waals surface area contributed by atoms with E-state index >= 15 is 0 Å². The van der Waals surface area contributed by atoms with Crippen LogP contribution < -0.4 is 11.5 Å². The molecule has 3 heterocycles. The average Bonchev–Trinajstić information content (AvgIpc) is 3.11. The summed E-state index contributed by atoms with van der Waals surface area (Å²) in [4.78, 5) is 43.0. The van der Waals surface area contributed by atoms with Crippen LogP contribution in [-0.4, -0.2) is 75.7 Å². The van der Waals surface area contributed by atoms with Crippen LogP contribution in [0.1, 0.15) is 48.1 Å². The molecule has 1 aliphatic carbocycles. The predicted molar refractivity (Wildman–Crippen MR) is 115 cm³/mol. The molecule has 1 aromatic carbocycles. The van der Waals surface area contributed by atoms with E-state index in [0.717, 1.165) is 24.8 Å². The van der Waals surface area contributed by atoms with Crippen molar-refractivity contribution in [3.05, 3.63) is 35.4 Å². The van der Waals surface area contributed by atoms with E-state index in [0.29, 0.717) is 24.6 Å². The Hall–Kier alpha value is -2.96. The van der Waals surface area contributed by atoms with E-state index in [1.54, 1.807) is 17.0 Å². The van der Waals surface area contributed by atoms with Gasteiger partial charge in [-0.3, -0.25) is 19.3 Å². The lowest BCUT2D eigenvalue weighted by atomic mass is 10.0. The maximum atomic E-state index is 13.2. The van der Waals surface area contributed by atoms with Gasteiger partial charge in [0.1, 0.15) is 6.04 Å². The van der Waals surface area contributed by atoms with Gasteiger partial charge in [0.2, 0.25) is 17.7 Å². The van der Waals surface area contributed by atoms with Gasteiger partial charge < -0.3 is 21.3 Å². The van der Waals surface area contributed by atoms with Gasteiger partial charge in [0.05, 0.1) is 24.2 Å². The van der Waals surface area contributed by atoms with Crippen molar-refractivity contribution in [2.45, 2.75) is 62.4 Å². The molecule has 1 saturated carbocycles. The van der Waals surface area contributed by atoms with Crippen molar-refractivity contribution in [3.8, 4) is 6.07 Å². The number of benzene rings is 1. The largest absolute Gasteiger partial charge is 0.366 e. The van der Waals surface area contributed by atoms with Crippen LogP contribution in [-0.2, 0) is 9.59 Å². The van der Waals surface area contributed by atoms with Crippen LogP contribution in [0.4, 0.5) is 0 Å². The summed E-state index contributed by atoms with van der Waals surface area (Å²) in [5.41, 5.74) is 13.0. The van der Waals surface area contributed by atoms with Crippen LogP contribution in [0.2, 0.25) is 0 Å². The number of hydrogen-bond acceptors (Lipinski definition) is 6. The smallest absolute Gasteiger partial charge is 0.248 e. The van der Waals surface area contributed by atoms with Crippen molar-refractivity contribution in [1.82, 2.24) is 14.7 Å². The topological polar surface area (TPSA) is 137 Å². The second kappa shape index (κ2) is 7.57. The van der Waals surface area contributed by atoms with E-state index < -0.39 is 11.9 Å². The summed E-state index contributed by atoms with van der Waals surface area (Å²) in [6, 6.07) is 8.01. The molecule has 2 bridgehead atoms. The summed E-state index contributed by atoms with van der Waals surface area (Å²) in [5.74, 6) is -0.149. The lowest BCUT2D eigenvalue weighted by molar-refractivity contribution is -0.141. The number of fused-ring (bicyclic) bond motifs is 3. The Morgan fingerprint density at radius 1 is 1.22 bits per heavy atom. The van der Waals surface area contributed by atoms with Crippen molar-refractivity contribution in [2.75, 3.05) is 13.1 Å². The van der Waals surface area contributed by atoms with E-state index in [2.05, 4.69) is 6.07 Å². The van der Waals surface area contributed by atoms with Gasteiger partial charge in [-0.05, 0) is 49.8 Å². The number of likely N-dealkylation sites (tertiary alicyclic amines) is 3. The summed E-state index contributed by atoms with van der Waals surface area (Å²) in [5, 5.41) is 9.36. The van der Waals surface area contributed by atoms with Crippen LogP contribution in [0, 0.1) is 17.2 Å². The number of nitrogens with two attached hydrogens (primary N) is 2. The summed E-state index contributed by atoms with van der Waals surface area (Å²) in [7, 11) is 0. The molecular formula is C23H28N6O3. The second-order valence-electron chi connectivity index (χ2n) is 9.56. The molecule has 32 heavy (non-hydrogen) atoms. The molecule has 3 amide bonds. The van der Waals surface area contributed by atoms with E-state index in [1.165, 1.54) is 0 Å². The molecule has 9 heteroatoms. The van der Waals surface area contributed by atoms with Gasteiger partial charge in [-0.25, -0.2) is 0 Å². The Morgan fingerprint density at radius 3 is 2.56 bits per heavy atom. The van der Waals surface area contributed by atoms with Crippen molar-refractivity contribution >= 4 is 17.7 Å². The molecule has 0 radical (unpaired) electrons. The highest BCUT2D eigenvalue weighted by Crippen LogP contribution is 2.48. The summed E-state index contributed by atoms with van der Waals surface area (Å²) in [6.07, 6.45) is 2.44. The third-order valence-corrected chi connectivity index (χ3v) is 7.67. The molecule has 168 valence electrons. The van der Waals surface area contributed by atoms with E-state index in [1.807, 2.05) is 28.9 Å². The van der Waals surface area contributed by atoms with Crippen LogP contribution >= 0.6 is 0 Å². The highest BCUT2D eigenvalue weighted by Gasteiger charge is 2.56. The van der Waals surface area contributed by atoms with E-state index in [4.69, 9.17) is 11.5 Å². The van der Waals surface area contributed by atoms with Gasteiger partial charge >= 0.3 is 0 Å². The Labute approximate surface area is 186 Å². The summed E-state index contributed by atoms with van der Waals surface area (Å²) >= 11 is 0. The van der Waals surface area contributed by atoms with Gasteiger partial charge in [-0.2, -0.15) is 5.26 Å². The Kier molecular flexibility index (Phi) is 4.95. The number of primary amides is 1. The molecule has 5 rings (SSSR count). The van der Waals surface area contributed by atoms with Crippen LogP contribution in [0.5, 0.6) is 0 Å². The number of nitriles is 1. The number of piperidine rings is 1. The molecule has 1 aromatic rings. The molecule has 7 atom stereocenters. The fourth-order valence-corrected chi connectivity index (χ4v) is 5.90. The van der Waals surface area contributed by atoms with Crippen LogP contribution in [0.25, 0.3) is 0 Å². The summed E-state index contributed by atoms with van der Waals surface area (Å²) < 4.78 is 0. The number of piperazine rings is 1. The Balaban J connectivity index is 1.22. The number of carbonyl (C=O) groups excluding carboxylic acids is 3. The van der Waals surface area contributed by atoms with Crippen molar-refractivity contribution < 1.29 is 14.4 Å². The minimum absolute atomic E-state index is 0.0470. The number of amides is 3. The first-order valence-corrected chi connectivity index (χ1v) is 11.2. The SMILES string of the molecule is C[C@H](c1ccc(C(N)=O)cc1)N1C(=O)[C@@H]2C[C@H]1CN2C[C@H](N)C(=O)N1[C@H](C#N)CC2C[C@@H]21. The molecule has 4 aliphatic rings. The first-order chi connectivity index (χ1) is 15.3. The molecule has 9 nitrogen and oxygen atoms in total. The van der Waals surface area contributed by atoms with Crippen molar-refractivity contribution in [2.24, 2.45) is 17.4 Å². The maximum Gasteiger partial charge on any atom is 0.248 e. The molecule has 1 unspecified atom stereocenters. The van der Waals surface area contributed by atoms with Gasteiger partial charge in [0, 0.05) is 30.7 Å². The van der Waals surface area contributed by atoms with E-state index in [-0.39, 0.29) is 42.0 Å². The van der Waals surface area contributed by atoms with E-state index in [9.17, 15) is 19.6 Å². The number of hydrogen-bond donors (Lipinski definition) is 2. The Bertz CT molecular complexity index is 1000. The first kappa shape index (κ1) is 20.9. The highest BCUT2D eigenvalue weighted by molar-refractivity contribution is 5.92. The number of rotatable bonds is 6. The Morgan fingerprint density at radius 2 is 1.94 bits per heavy atom. The van der Waals surface area contributed by atoms with Gasteiger partial charge in [0.15, 0.2) is 0 Å². The molecule has 3 aliphatic heterocycles. The minimum Gasteiger partial charge on any atom is -0.366 e. The molecular weight excluding hydrogens is 408 g/mol. The third-order valence-electron chi connectivity index (χ3n) is 7.67. The minimum atomic E-state index is -0.732. The van der Waals surface area contributed by atoms with Gasteiger partial charge in [0.25, 0.3) is 0 Å². The quantitative estimate of drug-likeness (QED) is 0.643. The fraction of sp³-hybridized carbons (Fsp3) is 0.565. The first-order valence-electron chi connectivity index (χ1n) is 11.2. The lowest BCUT2D eigenvalue weighted by Gasteiger charge is -2.38. The number of nitrogens with zero attached hydrogens (tertiary/aromatic N) is 4. The van der Waals surface area contributed by atoms with Crippen LogP contribution in [0.3, 0.4) is 0 Å². The third kappa shape index (κ3) is 3.26. The molecule has 0 aromatic heterocycles. The summed E-state index contributed by atoms with van der Waals surface area (Å²) in [6.45, 7) is 2.99. The molecule has 4 fully saturated rings. The second-order valence-corrected chi connectivity index (χ2v) is 9.56. The predicted octanol–water partition coefficient (Wildman–Crippen LogP) is -0.0281. The monoisotopic (exact) mass is 436 g/mol. The zero-order chi connectivity index (χ0) is 22.7. The van der Waals surface area contributed by atoms with Crippen LogP contribution in [0.15, 0.2) is 24.3 Å². The number of carbonyl (C=O) groups is 3.